The zero-order valence-electron chi connectivity index (χ0n) is 9.91. The molecule has 0 aliphatic heterocycles. The second-order valence-corrected chi connectivity index (χ2v) is 5.07. The first-order chi connectivity index (χ1) is 9.06. The molecule has 0 spiro atoms. The Kier molecular flexibility index (Phi) is 4.35. The van der Waals surface area contributed by atoms with Gasteiger partial charge in [0.25, 0.3) is 0 Å². The Balaban J connectivity index is 2.63. The average Bonchev–Trinajstić information content (AvgIpc) is 2.37. The topological polar surface area (TPSA) is 26.3 Å². The summed E-state index contributed by atoms with van der Waals surface area (Å²) >= 11 is 18.2. The maximum absolute atomic E-state index is 11.0. The number of hydrogen-bond acceptors (Lipinski definition) is 2. The smallest absolute Gasteiger partial charge is 0.153 e. The van der Waals surface area contributed by atoms with Crippen molar-refractivity contribution in [1.29, 1.82) is 0 Å². The standard InChI is InChI=1S/C14H9Cl3O2/c1-19-13-3-2-8(4-9(13)7-18)14-11(16)5-10(15)6-12(14)17/h2-7H,1H3. The predicted octanol–water partition coefficient (Wildman–Crippen LogP) is 5.13. The third-order valence-corrected chi connectivity index (χ3v) is 3.47. The predicted molar refractivity (Wildman–Crippen MR) is 78.8 cm³/mol. The second kappa shape index (κ2) is 5.83. The molecule has 0 bridgehead atoms. The minimum absolute atomic E-state index is 0.430. The number of ether oxygens (including phenoxy) is 1. The first-order valence-electron chi connectivity index (χ1n) is 5.35. The summed E-state index contributed by atoms with van der Waals surface area (Å²) in [6.45, 7) is 0. The maximum atomic E-state index is 11.0. The van der Waals surface area contributed by atoms with Gasteiger partial charge in [-0.2, -0.15) is 0 Å². The van der Waals surface area contributed by atoms with E-state index in [1.807, 2.05) is 0 Å². The van der Waals surface area contributed by atoms with Crippen molar-refractivity contribution in [3.8, 4) is 16.9 Å². The van der Waals surface area contributed by atoms with Gasteiger partial charge in [-0.3, -0.25) is 4.79 Å². The van der Waals surface area contributed by atoms with Crippen molar-refractivity contribution >= 4 is 41.1 Å². The molecule has 0 fully saturated rings. The van der Waals surface area contributed by atoms with Crippen molar-refractivity contribution in [1.82, 2.24) is 0 Å². The van der Waals surface area contributed by atoms with E-state index in [0.29, 0.717) is 31.9 Å². The van der Waals surface area contributed by atoms with Crippen LogP contribution in [-0.2, 0) is 0 Å². The summed E-state index contributed by atoms with van der Waals surface area (Å²) in [4.78, 5) is 11.0. The van der Waals surface area contributed by atoms with Gasteiger partial charge in [0.1, 0.15) is 5.75 Å². The van der Waals surface area contributed by atoms with Crippen molar-refractivity contribution in [2.45, 2.75) is 0 Å². The minimum Gasteiger partial charge on any atom is -0.496 e. The number of benzene rings is 2. The van der Waals surface area contributed by atoms with Gasteiger partial charge >= 0.3 is 0 Å². The summed E-state index contributed by atoms with van der Waals surface area (Å²) < 4.78 is 5.09. The van der Waals surface area contributed by atoms with Gasteiger partial charge < -0.3 is 4.74 Å². The molecule has 0 N–H and O–H groups in total. The quantitative estimate of drug-likeness (QED) is 0.733. The SMILES string of the molecule is COc1ccc(-c2c(Cl)cc(Cl)cc2Cl)cc1C=O. The van der Waals surface area contributed by atoms with E-state index in [9.17, 15) is 4.79 Å². The number of carbonyl (C=O) groups excluding carboxylic acids is 1. The largest absolute Gasteiger partial charge is 0.496 e. The first kappa shape index (κ1) is 14.2. The van der Waals surface area contributed by atoms with Crippen LogP contribution in [0.25, 0.3) is 11.1 Å². The summed E-state index contributed by atoms with van der Waals surface area (Å²) in [5.41, 5.74) is 1.80. The van der Waals surface area contributed by atoms with Crippen LogP contribution in [-0.4, -0.2) is 13.4 Å². The minimum atomic E-state index is 0.430. The van der Waals surface area contributed by atoms with Gasteiger partial charge in [-0.15, -0.1) is 0 Å². The molecule has 0 aromatic heterocycles. The number of carbonyl (C=O) groups is 1. The van der Waals surface area contributed by atoms with Crippen LogP contribution in [0.4, 0.5) is 0 Å². The van der Waals surface area contributed by atoms with Crippen LogP contribution in [0.2, 0.25) is 15.1 Å². The Morgan fingerprint density at radius 2 is 1.68 bits per heavy atom. The van der Waals surface area contributed by atoms with E-state index >= 15 is 0 Å². The van der Waals surface area contributed by atoms with Crippen LogP contribution >= 0.6 is 34.8 Å². The second-order valence-electron chi connectivity index (χ2n) is 3.82. The lowest BCUT2D eigenvalue weighted by Crippen LogP contribution is -1.92. The van der Waals surface area contributed by atoms with Crippen LogP contribution in [0, 0.1) is 0 Å². The van der Waals surface area contributed by atoms with Crippen LogP contribution in [0.3, 0.4) is 0 Å². The molecule has 2 nitrogen and oxygen atoms in total. The fraction of sp³-hybridized carbons (Fsp3) is 0.0714. The van der Waals surface area contributed by atoms with Crippen molar-refractivity contribution < 1.29 is 9.53 Å². The third-order valence-electron chi connectivity index (χ3n) is 2.65. The Morgan fingerprint density at radius 3 is 2.21 bits per heavy atom. The number of methoxy groups -OCH3 is 1. The molecule has 98 valence electrons. The van der Waals surface area contributed by atoms with Crippen molar-refractivity contribution in [3.05, 3.63) is 51.0 Å². The number of hydrogen-bond donors (Lipinski definition) is 0. The van der Waals surface area contributed by atoms with E-state index in [2.05, 4.69) is 0 Å². The van der Waals surface area contributed by atoms with Gasteiger partial charge in [-0.1, -0.05) is 40.9 Å². The van der Waals surface area contributed by atoms with Crippen molar-refractivity contribution in [2.75, 3.05) is 7.11 Å². The Morgan fingerprint density at radius 1 is 1.05 bits per heavy atom. The molecule has 2 aromatic carbocycles. The van der Waals surface area contributed by atoms with E-state index in [1.165, 1.54) is 7.11 Å². The normalized spacial score (nSPS) is 10.3. The lowest BCUT2D eigenvalue weighted by molar-refractivity contribution is 0.112. The summed E-state index contributed by atoms with van der Waals surface area (Å²) in [5, 5.41) is 1.32. The molecular weight excluding hydrogens is 307 g/mol. The molecule has 0 heterocycles. The average molecular weight is 316 g/mol. The van der Waals surface area contributed by atoms with Crippen molar-refractivity contribution in [3.63, 3.8) is 0 Å². The van der Waals surface area contributed by atoms with Crippen molar-refractivity contribution in [2.24, 2.45) is 0 Å². The molecule has 0 saturated carbocycles. The molecule has 2 aromatic rings. The molecule has 0 atom stereocenters. The van der Waals surface area contributed by atoms with Crippen LogP contribution in [0.15, 0.2) is 30.3 Å². The summed E-state index contributed by atoms with van der Waals surface area (Å²) in [5.74, 6) is 0.500. The van der Waals surface area contributed by atoms with E-state index < -0.39 is 0 Å². The fourth-order valence-corrected chi connectivity index (χ4v) is 2.84. The first-order valence-corrected chi connectivity index (χ1v) is 6.48. The highest BCUT2D eigenvalue weighted by molar-refractivity contribution is 6.41. The van der Waals surface area contributed by atoms with Gasteiger partial charge in [-0.25, -0.2) is 0 Å². The molecule has 19 heavy (non-hydrogen) atoms. The lowest BCUT2D eigenvalue weighted by atomic mass is 10.0. The van der Waals surface area contributed by atoms with E-state index in [-0.39, 0.29) is 0 Å². The van der Waals surface area contributed by atoms with Crippen LogP contribution in [0.5, 0.6) is 5.75 Å². The zero-order chi connectivity index (χ0) is 14.0. The molecule has 0 unspecified atom stereocenters. The highest BCUT2D eigenvalue weighted by Gasteiger charge is 2.12. The number of halogens is 3. The van der Waals surface area contributed by atoms with Gasteiger partial charge in [-0.05, 0) is 29.8 Å². The summed E-state index contributed by atoms with van der Waals surface area (Å²) in [7, 11) is 1.50. The lowest BCUT2D eigenvalue weighted by Gasteiger charge is -2.10. The Hall–Kier alpha value is -1.22. The molecule has 2 rings (SSSR count). The summed E-state index contributed by atoms with van der Waals surface area (Å²) in [6.07, 6.45) is 0.722. The van der Waals surface area contributed by atoms with Crippen LogP contribution in [0.1, 0.15) is 10.4 Å². The van der Waals surface area contributed by atoms with E-state index in [4.69, 9.17) is 39.5 Å². The molecule has 0 radical (unpaired) electrons. The Labute approximate surface area is 125 Å². The number of aldehydes is 1. The van der Waals surface area contributed by atoms with Crippen LogP contribution < -0.4 is 4.74 Å². The van der Waals surface area contributed by atoms with Gasteiger partial charge in [0, 0.05) is 10.6 Å². The molecule has 0 saturated heterocycles. The fourth-order valence-electron chi connectivity index (χ4n) is 1.80. The summed E-state index contributed by atoms with van der Waals surface area (Å²) in [6, 6.07) is 8.37. The Bertz CT molecular complexity index is 616. The monoisotopic (exact) mass is 314 g/mol. The van der Waals surface area contributed by atoms with Gasteiger partial charge in [0.15, 0.2) is 6.29 Å². The van der Waals surface area contributed by atoms with E-state index in [0.717, 1.165) is 11.8 Å². The molecule has 0 amide bonds. The molecule has 0 aliphatic carbocycles. The zero-order valence-corrected chi connectivity index (χ0v) is 12.2. The van der Waals surface area contributed by atoms with E-state index in [1.54, 1.807) is 30.3 Å². The van der Waals surface area contributed by atoms with Gasteiger partial charge in [0.2, 0.25) is 0 Å². The maximum Gasteiger partial charge on any atom is 0.153 e. The highest BCUT2D eigenvalue weighted by atomic mass is 35.5. The third kappa shape index (κ3) is 2.86. The highest BCUT2D eigenvalue weighted by Crippen LogP contribution is 2.38. The number of rotatable bonds is 3. The molecular formula is C14H9Cl3O2. The molecule has 0 aliphatic rings. The van der Waals surface area contributed by atoms with Gasteiger partial charge in [0.05, 0.1) is 22.7 Å². The molecule has 5 heteroatoms.